The number of rotatable bonds is 6. The van der Waals surface area contributed by atoms with Crippen LogP contribution >= 0.6 is 0 Å². The molecule has 5 heteroatoms. The van der Waals surface area contributed by atoms with E-state index in [1.54, 1.807) is 26.7 Å². The monoisotopic (exact) mass is 352 g/mol. The zero-order valence-electron chi connectivity index (χ0n) is 15.5. The van der Waals surface area contributed by atoms with Gasteiger partial charge in [-0.25, -0.2) is 4.98 Å². The summed E-state index contributed by atoms with van der Waals surface area (Å²) in [5, 5.41) is 11.3. The van der Waals surface area contributed by atoms with E-state index in [-0.39, 0.29) is 5.92 Å². The minimum absolute atomic E-state index is 0.0186. The number of aromatic amines is 1. The van der Waals surface area contributed by atoms with E-state index >= 15 is 0 Å². The summed E-state index contributed by atoms with van der Waals surface area (Å²) in [6, 6.07) is 13.7. The lowest BCUT2D eigenvalue weighted by Crippen LogP contribution is -2.33. The summed E-state index contributed by atoms with van der Waals surface area (Å²) < 4.78 is 10.7. The van der Waals surface area contributed by atoms with Crippen molar-refractivity contribution in [1.29, 1.82) is 0 Å². The zero-order valence-corrected chi connectivity index (χ0v) is 15.5. The molecule has 5 nitrogen and oxygen atoms in total. The van der Waals surface area contributed by atoms with Crippen LogP contribution in [0.25, 0.3) is 11.1 Å². The Kier molecular flexibility index (Phi) is 5.00. The number of imidazole rings is 1. The number of nitrogens with one attached hydrogen (secondary N) is 1. The van der Waals surface area contributed by atoms with Crippen LogP contribution < -0.4 is 9.47 Å². The Balaban J connectivity index is 1.98. The number of ether oxygens (including phenoxy) is 2. The number of benzene rings is 2. The molecule has 0 unspecified atom stereocenters. The van der Waals surface area contributed by atoms with Crippen LogP contribution in [0.4, 0.5) is 0 Å². The van der Waals surface area contributed by atoms with Gasteiger partial charge in [0.05, 0.1) is 32.4 Å². The normalized spacial score (nSPS) is 13.5. The van der Waals surface area contributed by atoms with Gasteiger partial charge in [0.15, 0.2) is 11.5 Å². The molecule has 0 aliphatic heterocycles. The third-order valence-corrected chi connectivity index (χ3v) is 4.79. The maximum Gasteiger partial charge on any atom is 0.161 e. The lowest BCUT2D eigenvalue weighted by molar-refractivity contribution is 0.0279. The van der Waals surface area contributed by atoms with Crippen LogP contribution in [0.15, 0.2) is 55.0 Å². The number of hydrogen-bond donors (Lipinski definition) is 2. The number of methoxy groups -OCH3 is 2. The summed E-state index contributed by atoms with van der Waals surface area (Å²) in [4.78, 5) is 7.10. The lowest BCUT2D eigenvalue weighted by atomic mass is 9.80. The topological polar surface area (TPSA) is 67.4 Å². The van der Waals surface area contributed by atoms with Crippen LogP contribution in [0.3, 0.4) is 0 Å². The van der Waals surface area contributed by atoms with Gasteiger partial charge in [-0.3, -0.25) is 0 Å². The minimum Gasteiger partial charge on any atom is -0.493 e. The molecule has 26 heavy (non-hydrogen) atoms. The molecule has 136 valence electrons. The summed E-state index contributed by atoms with van der Waals surface area (Å²) >= 11 is 0. The quantitative estimate of drug-likeness (QED) is 0.704. The highest BCUT2D eigenvalue weighted by molar-refractivity contribution is 5.67. The summed E-state index contributed by atoms with van der Waals surface area (Å²) in [7, 11) is 3.24. The molecule has 0 fully saturated rings. The van der Waals surface area contributed by atoms with Crippen LogP contribution in [-0.4, -0.2) is 29.3 Å². The first-order valence-corrected chi connectivity index (χ1v) is 8.54. The molecule has 1 aromatic heterocycles. The third kappa shape index (κ3) is 3.06. The molecule has 0 saturated carbocycles. The number of H-pyrrole nitrogens is 1. The van der Waals surface area contributed by atoms with Gasteiger partial charge in [0.1, 0.15) is 5.60 Å². The number of aromatic nitrogens is 2. The van der Waals surface area contributed by atoms with Gasteiger partial charge in [0.25, 0.3) is 0 Å². The standard InChI is InChI=1S/C21H24N2O3/c1-14(2)21(24,20-12-22-13-23-20)17-8-5-15(6-9-17)16-7-10-18(25-3)19(11-16)26-4/h5-14,24H,1-4H3,(H,22,23)/t21-/m0/s1. The van der Waals surface area contributed by atoms with E-state index in [1.165, 1.54) is 0 Å². The van der Waals surface area contributed by atoms with E-state index in [9.17, 15) is 5.11 Å². The van der Waals surface area contributed by atoms with Crippen molar-refractivity contribution in [2.24, 2.45) is 5.92 Å². The molecular weight excluding hydrogens is 328 g/mol. The van der Waals surface area contributed by atoms with E-state index in [0.29, 0.717) is 17.2 Å². The maximum atomic E-state index is 11.3. The number of hydrogen-bond acceptors (Lipinski definition) is 4. The molecule has 0 bridgehead atoms. The van der Waals surface area contributed by atoms with Gasteiger partial charge in [-0.15, -0.1) is 0 Å². The minimum atomic E-state index is -1.12. The molecule has 0 radical (unpaired) electrons. The van der Waals surface area contributed by atoms with Crippen molar-refractivity contribution >= 4 is 0 Å². The van der Waals surface area contributed by atoms with Gasteiger partial charge in [-0.2, -0.15) is 0 Å². The largest absolute Gasteiger partial charge is 0.493 e. The van der Waals surface area contributed by atoms with Crippen molar-refractivity contribution in [1.82, 2.24) is 9.97 Å². The van der Waals surface area contributed by atoms with Crippen molar-refractivity contribution in [2.45, 2.75) is 19.4 Å². The highest BCUT2D eigenvalue weighted by atomic mass is 16.5. The molecule has 1 heterocycles. The molecule has 2 N–H and O–H groups in total. The first-order chi connectivity index (χ1) is 12.5. The fourth-order valence-electron chi connectivity index (χ4n) is 3.20. The van der Waals surface area contributed by atoms with Gasteiger partial charge in [-0.05, 0) is 34.7 Å². The molecule has 0 saturated heterocycles. The average Bonchev–Trinajstić information content (AvgIpc) is 3.22. The van der Waals surface area contributed by atoms with Gasteiger partial charge in [-0.1, -0.05) is 44.2 Å². The van der Waals surface area contributed by atoms with Gasteiger partial charge >= 0.3 is 0 Å². The number of aliphatic hydroxyl groups is 1. The Labute approximate surface area is 153 Å². The Hall–Kier alpha value is -2.79. The van der Waals surface area contributed by atoms with Crippen LogP contribution in [0, 0.1) is 5.92 Å². The smallest absolute Gasteiger partial charge is 0.161 e. The fraction of sp³-hybridized carbons (Fsp3) is 0.286. The molecule has 0 aliphatic carbocycles. The van der Waals surface area contributed by atoms with Gasteiger partial charge in [0.2, 0.25) is 0 Å². The summed E-state index contributed by atoms with van der Waals surface area (Å²) in [5.41, 5.74) is 2.44. The SMILES string of the molecule is COc1ccc(-c2ccc([C@](O)(c3cnc[nH]3)C(C)C)cc2)cc1OC. The van der Waals surface area contributed by atoms with E-state index in [2.05, 4.69) is 9.97 Å². The molecule has 2 aromatic carbocycles. The van der Waals surface area contributed by atoms with E-state index in [1.807, 2.05) is 56.3 Å². The first-order valence-electron chi connectivity index (χ1n) is 8.54. The van der Waals surface area contributed by atoms with Crippen LogP contribution in [-0.2, 0) is 5.60 Å². The molecule has 0 aliphatic rings. The van der Waals surface area contributed by atoms with Crippen LogP contribution in [0.5, 0.6) is 11.5 Å². The highest BCUT2D eigenvalue weighted by Crippen LogP contribution is 2.37. The molecule has 0 spiro atoms. The summed E-state index contributed by atoms with van der Waals surface area (Å²) in [5.74, 6) is 1.36. The zero-order chi connectivity index (χ0) is 18.7. The molecule has 3 aromatic rings. The van der Waals surface area contributed by atoms with Crippen molar-refractivity contribution in [3.63, 3.8) is 0 Å². The molecule has 0 amide bonds. The summed E-state index contributed by atoms with van der Waals surface area (Å²) in [6.45, 7) is 3.98. The Morgan fingerprint density at radius 1 is 0.962 bits per heavy atom. The van der Waals surface area contributed by atoms with Crippen LogP contribution in [0.1, 0.15) is 25.1 Å². The van der Waals surface area contributed by atoms with E-state index < -0.39 is 5.60 Å². The van der Waals surface area contributed by atoms with Crippen LogP contribution in [0.2, 0.25) is 0 Å². The second-order valence-corrected chi connectivity index (χ2v) is 6.53. The predicted octanol–water partition coefficient (Wildman–Crippen LogP) is 3.99. The third-order valence-electron chi connectivity index (χ3n) is 4.79. The summed E-state index contributed by atoms with van der Waals surface area (Å²) in [6.07, 6.45) is 3.25. The van der Waals surface area contributed by atoms with Crippen molar-refractivity contribution in [3.8, 4) is 22.6 Å². The van der Waals surface area contributed by atoms with E-state index in [4.69, 9.17) is 9.47 Å². The Morgan fingerprint density at radius 3 is 2.15 bits per heavy atom. The Bertz CT molecular complexity index is 857. The van der Waals surface area contributed by atoms with E-state index in [0.717, 1.165) is 16.7 Å². The second kappa shape index (κ2) is 7.22. The van der Waals surface area contributed by atoms with Crippen molar-refractivity contribution in [2.75, 3.05) is 14.2 Å². The fourth-order valence-corrected chi connectivity index (χ4v) is 3.20. The predicted molar refractivity (Wildman–Crippen MR) is 101 cm³/mol. The Morgan fingerprint density at radius 2 is 1.62 bits per heavy atom. The average molecular weight is 352 g/mol. The molecule has 3 rings (SSSR count). The van der Waals surface area contributed by atoms with Gasteiger partial charge in [0, 0.05) is 0 Å². The number of nitrogens with zero attached hydrogens (tertiary/aromatic N) is 1. The molecule has 1 atom stereocenters. The second-order valence-electron chi connectivity index (χ2n) is 6.53. The highest BCUT2D eigenvalue weighted by Gasteiger charge is 2.36. The first kappa shape index (κ1) is 18.0. The van der Waals surface area contributed by atoms with Gasteiger partial charge < -0.3 is 19.6 Å². The maximum absolute atomic E-state index is 11.3. The van der Waals surface area contributed by atoms with Crippen molar-refractivity contribution < 1.29 is 14.6 Å². The van der Waals surface area contributed by atoms with Crippen molar-refractivity contribution in [3.05, 3.63) is 66.2 Å². The lowest BCUT2D eigenvalue weighted by Gasteiger charge is -2.31. The molecular formula is C21H24N2O3.